The van der Waals surface area contributed by atoms with Gasteiger partial charge in [0.05, 0.1) is 18.1 Å². The lowest BCUT2D eigenvalue weighted by Crippen LogP contribution is -1.95. The van der Waals surface area contributed by atoms with Gasteiger partial charge in [-0.25, -0.2) is 4.98 Å². The third-order valence-corrected chi connectivity index (χ3v) is 3.13. The van der Waals surface area contributed by atoms with Crippen LogP contribution in [-0.4, -0.2) is 9.97 Å². The van der Waals surface area contributed by atoms with Gasteiger partial charge in [0.25, 0.3) is 0 Å². The molecule has 1 aromatic carbocycles. The molecule has 0 amide bonds. The molecule has 0 spiro atoms. The highest BCUT2D eigenvalue weighted by molar-refractivity contribution is 9.11. The quantitative estimate of drug-likeness (QED) is 0.859. The van der Waals surface area contributed by atoms with Gasteiger partial charge < -0.3 is 5.32 Å². The van der Waals surface area contributed by atoms with Crippen LogP contribution in [0.5, 0.6) is 0 Å². The highest BCUT2D eigenvalue weighted by Crippen LogP contribution is 2.28. The predicted octanol–water partition coefficient (Wildman–Crippen LogP) is 4.40. The Bertz CT molecular complexity index is 519. The second-order valence-corrected chi connectivity index (χ2v) is 5.13. The van der Waals surface area contributed by atoms with E-state index < -0.39 is 0 Å². The number of rotatable bonds is 2. The number of aromatic nitrogens is 2. The first-order valence-corrected chi connectivity index (χ1v) is 6.31. The van der Waals surface area contributed by atoms with Gasteiger partial charge in [0, 0.05) is 8.95 Å². The van der Waals surface area contributed by atoms with Crippen molar-refractivity contribution in [2.45, 2.75) is 0 Å². The first-order chi connectivity index (χ1) is 7.65. The van der Waals surface area contributed by atoms with Crippen molar-refractivity contribution < 1.29 is 0 Å². The van der Waals surface area contributed by atoms with Crippen LogP contribution in [0.15, 0.2) is 39.5 Å². The molecule has 6 heteroatoms. The number of benzene rings is 1. The molecule has 1 heterocycles. The fourth-order valence-electron chi connectivity index (χ4n) is 1.13. The van der Waals surface area contributed by atoms with Crippen LogP contribution in [0.2, 0.25) is 5.15 Å². The first kappa shape index (κ1) is 11.8. The second-order valence-electron chi connectivity index (χ2n) is 2.98. The summed E-state index contributed by atoms with van der Waals surface area (Å²) in [4.78, 5) is 8.04. The highest BCUT2D eigenvalue weighted by atomic mass is 79.9. The maximum absolute atomic E-state index is 5.74. The fourth-order valence-corrected chi connectivity index (χ4v) is 2.42. The van der Waals surface area contributed by atoms with Gasteiger partial charge in [-0.1, -0.05) is 27.5 Å². The van der Waals surface area contributed by atoms with Crippen molar-refractivity contribution in [1.29, 1.82) is 0 Å². The minimum Gasteiger partial charge on any atom is -0.338 e. The van der Waals surface area contributed by atoms with E-state index in [0.717, 1.165) is 14.6 Å². The number of nitrogens with zero attached hydrogens (tertiary/aromatic N) is 2. The third kappa shape index (κ3) is 2.93. The molecule has 0 radical (unpaired) electrons. The van der Waals surface area contributed by atoms with E-state index in [-0.39, 0.29) is 0 Å². The van der Waals surface area contributed by atoms with Gasteiger partial charge in [0.2, 0.25) is 0 Å². The van der Waals surface area contributed by atoms with E-state index in [4.69, 9.17) is 11.6 Å². The van der Waals surface area contributed by atoms with Crippen molar-refractivity contribution in [3.05, 3.63) is 44.7 Å². The second kappa shape index (κ2) is 5.12. The van der Waals surface area contributed by atoms with Crippen LogP contribution in [0.25, 0.3) is 0 Å². The zero-order valence-electron chi connectivity index (χ0n) is 7.92. The van der Waals surface area contributed by atoms with Crippen molar-refractivity contribution in [3.63, 3.8) is 0 Å². The molecule has 0 saturated heterocycles. The fraction of sp³-hybridized carbons (Fsp3) is 0. The van der Waals surface area contributed by atoms with Gasteiger partial charge in [-0.2, -0.15) is 0 Å². The van der Waals surface area contributed by atoms with Gasteiger partial charge in [-0.15, -0.1) is 0 Å². The standard InChI is InChI=1S/C10H6Br2ClN3/c11-6-1-2-8(7(12)3-6)15-10-5-14-4-9(13)16-10/h1-5H,(H,15,16). The zero-order chi connectivity index (χ0) is 11.5. The highest BCUT2D eigenvalue weighted by Gasteiger charge is 2.02. The average Bonchev–Trinajstić information content (AvgIpc) is 2.22. The number of halogens is 3. The molecule has 0 saturated carbocycles. The van der Waals surface area contributed by atoms with Crippen molar-refractivity contribution >= 4 is 55.0 Å². The van der Waals surface area contributed by atoms with E-state index in [1.807, 2.05) is 18.2 Å². The Morgan fingerprint density at radius 3 is 2.69 bits per heavy atom. The van der Waals surface area contributed by atoms with Gasteiger partial charge >= 0.3 is 0 Å². The summed E-state index contributed by atoms with van der Waals surface area (Å²) in [5, 5.41) is 3.47. The zero-order valence-corrected chi connectivity index (χ0v) is 11.8. The van der Waals surface area contributed by atoms with Gasteiger partial charge in [-0.3, -0.25) is 4.98 Å². The molecule has 0 aliphatic heterocycles. The van der Waals surface area contributed by atoms with Crippen molar-refractivity contribution in [2.75, 3.05) is 5.32 Å². The van der Waals surface area contributed by atoms with Crippen LogP contribution < -0.4 is 5.32 Å². The molecule has 2 rings (SSSR count). The van der Waals surface area contributed by atoms with E-state index in [1.54, 1.807) is 6.20 Å². The lowest BCUT2D eigenvalue weighted by Gasteiger charge is -2.07. The van der Waals surface area contributed by atoms with E-state index in [1.165, 1.54) is 6.20 Å². The molecule has 0 atom stereocenters. The van der Waals surface area contributed by atoms with Crippen LogP contribution in [0.4, 0.5) is 11.5 Å². The lowest BCUT2D eigenvalue weighted by molar-refractivity contribution is 1.20. The number of hydrogen-bond donors (Lipinski definition) is 1. The number of hydrogen-bond acceptors (Lipinski definition) is 3. The molecule has 2 aromatic rings. The maximum atomic E-state index is 5.74. The summed E-state index contributed by atoms with van der Waals surface area (Å²) in [6.07, 6.45) is 3.10. The molecule has 82 valence electrons. The van der Waals surface area contributed by atoms with Gasteiger partial charge in [0.15, 0.2) is 5.82 Å². The lowest BCUT2D eigenvalue weighted by atomic mass is 10.3. The smallest absolute Gasteiger partial charge is 0.150 e. The molecule has 1 N–H and O–H groups in total. The van der Waals surface area contributed by atoms with E-state index in [0.29, 0.717) is 11.0 Å². The van der Waals surface area contributed by atoms with Crippen molar-refractivity contribution in [2.24, 2.45) is 0 Å². The number of anilines is 2. The van der Waals surface area contributed by atoms with Crippen LogP contribution >= 0.6 is 43.5 Å². The van der Waals surface area contributed by atoms with Crippen molar-refractivity contribution in [3.8, 4) is 0 Å². The van der Waals surface area contributed by atoms with E-state index in [9.17, 15) is 0 Å². The van der Waals surface area contributed by atoms with Gasteiger partial charge in [0.1, 0.15) is 5.15 Å². The summed E-state index contributed by atoms with van der Waals surface area (Å²) in [6, 6.07) is 5.81. The minimum atomic E-state index is 0.359. The Balaban J connectivity index is 2.27. The Kier molecular flexibility index (Phi) is 3.78. The summed E-state index contributed by atoms with van der Waals surface area (Å²) in [6.45, 7) is 0. The Morgan fingerprint density at radius 2 is 2.00 bits per heavy atom. The predicted molar refractivity (Wildman–Crippen MR) is 72.2 cm³/mol. The SMILES string of the molecule is Clc1cncc(Nc2ccc(Br)cc2Br)n1. The van der Waals surface area contributed by atoms with E-state index >= 15 is 0 Å². The molecule has 16 heavy (non-hydrogen) atoms. The molecular weight excluding hydrogens is 357 g/mol. The maximum Gasteiger partial charge on any atom is 0.150 e. The molecule has 3 nitrogen and oxygen atoms in total. The molecule has 0 aliphatic rings. The first-order valence-electron chi connectivity index (χ1n) is 4.35. The topological polar surface area (TPSA) is 37.8 Å². The summed E-state index contributed by atoms with van der Waals surface area (Å²) in [7, 11) is 0. The van der Waals surface area contributed by atoms with Crippen molar-refractivity contribution in [1.82, 2.24) is 9.97 Å². The van der Waals surface area contributed by atoms with Gasteiger partial charge in [-0.05, 0) is 34.1 Å². The molecule has 0 unspecified atom stereocenters. The normalized spacial score (nSPS) is 10.2. The van der Waals surface area contributed by atoms with E-state index in [2.05, 4.69) is 47.1 Å². The largest absolute Gasteiger partial charge is 0.338 e. The number of nitrogens with one attached hydrogen (secondary N) is 1. The minimum absolute atomic E-state index is 0.359. The molecule has 1 aromatic heterocycles. The summed E-state index contributed by atoms with van der Waals surface area (Å²) in [5.41, 5.74) is 0.903. The Hall–Kier alpha value is -0.650. The summed E-state index contributed by atoms with van der Waals surface area (Å²) >= 11 is 12.6. The third-order valence-electron chi connectivity index (χ3n) is 1.80. The monoisotopic (exact) mass is 361 g/mol. The average molecular weight is 363 g/mol. The van der Waals surface area contributed by atoms with Crippen LogP contribution in [0.3, 0.4) is 0 Å². The summed E-state index contributed by atoms with van der Waals surface area (Å²) in [5.74, 6) is 0.607. The Labute approximate surface area is 115 Å². The molecular formula is C10H6Br2ClN3. The molecule has 0 bridgehead atoms. The summed E-state index contributed by atoms with van der Waals surface area (Å²) < 4.78 is 1.94. The van der Waals surface area contributed by atoms with Crippen LogP contribution in [-0.2, 0) is 0 Å². The van der Waals surface area contributed by atoms with Crippen LogP contribution in [0, 0.1) is 0 Å². The Morgan fingerprint density at radius 1 is 1.19 bits per heavy atom. The molecule has 0 aliphatic carbocycles. The molecule has 0 fully saturated rings. The van der Waals surface area contributed by atoms with Crippen LogP contribution in [0.1, 0.15) is 0 Å².